The van der Waals surface area contributed by atoms with E-state index in [1.807, 2.05) is 27.7 Å². The van der Waals surface area contributed by atoms with Crippen LogP contribution < -0.4 is 11.2 Å². The third-order valence-corrected chi connectivity index (χ3v) is 7.63. The highest BCUT2D eigenvalue weighted by Crippen LogP contribution is 2.50. The Morgan fingerprint density at radius 1 is 1.06 bits per heavy atom. The average molecular weight is 512 g/mol. The molecule has 1 aliphatic rings. The molecule has 1 aromatic heterocycles. The summed E-state index contributed by atoms with van der Waals surface area (Å²) in [7, 11) is 0.632. The standard InChI is InChI=1S/C24H26BClF3NO5/c1-13(16-9-8-15(12-17(16)26)25-34-21(2,3)22(4,5)35-25)23(32,24(27,28)29)14-7-10-19-18(11-14)30(6)20(31)33-19/h7-13,32H,1-6H3. The maximum absolute atomic E-state index is 14.4. The van der Waals surface area contributed by atoms with Crippen molar-refractivity contribution in [3.63, 3.8) is 0 Å². The van der Waals surface area contributed by atoms with Crippen molar-refractivity contribution in [2.45, 2.75) is 63.5 Å². The van der Waals surface area contributed by atoms with Gasteiger partial charge in [0, 0.05) is 18.0 Å². The maximum Gasteiger partial charge on any atom is 0.494 e. The number of benzene rings is 2. The third-order valence-electron chi connectivity index (χ3n) is 7.31. The number of aromatic nitrogens is 1. The van der Waals surface area contributed by atoms with E-state index in [0.29, 0.717) is 5.46 Å². The highest BCUT2D eigenvalue weighted by Gasteiger charge is 2.59. The number of oxazole rings is 1. The lowest BCUT2D eigenvalue weighted by Gasteiger charge is -2.37. The molecule has 0 aliphatic carbocycles. The van der Waals surface area contributed by atoms with Crippen LogP contribution in [0.2, 0.25) is 5.02 Å². The smallest absolute Gasteiger partial charge is 0.408 e. The van der Waals surface area contributed by atoms with Crippen molar-refractivity contribution in [3.05, 3.63) is 63.1 Å². The van der Waals surface area contributed by atoms with Crippen LogP contribution in [-0.2, 0) is 22.0 Å². The molecule has 1 fully saturated rings. The van der Waals surface area contributed by atoms with Gasteiger partial charge in [-0.15, -0.1) is 0 Å². The van der Waals surface area contributed by atoms with Gasteiger partial charge in [-0.2, -0.15) is 13.2 Å². The summed E-state index contributed by atoms with van der Waals surface area (Å²) >= 11 is 6.46. The molecule has 1 aliphatic heterocycles. The van der Waals surface area contributed by atoms with Crippen LogP contribution in [0.15, 0.2) is 45.6 Å². The van der Waals surface area contributed by atoms with Crippen LogP contribution in [0.3, 0.4) is 0 Å². The maximum atomic E-state index is 14.4. The summed E-state index contributed by atoms with van der Waals surface area (Å²) in [4.78, 5) is 11.8. The Bertz CT molecular complexity index is 1330. The van der Waals surface area contributed by atoms with Crippen LogP contribution >= 0.6 is 11.6 Å². The van der Waals surface area contributed by atoms with Crippen LogP contribution in [-0.4, -0.2) is 34.2 Å². The predicted octanol–water partition coefficient (Wildman–Crippen LogP) is 4.64. The van der Waals surface area contributed by atoms with Gasteiger partial charge in [-0.05, 0) is 62.5 Å². The van der Waals surface area contributed by atoms with Gasteiger partial charge in [0.2, 0.25) is 0 Å². The van der Waals surface area contributed by atoms with Crippen LogP contribution in [0, 0.1) is 0 Å². The van der Waals surface area contributed by atoms with Crippen LogP contribution in [0.4, 0.5) is 13.2 Å². The Labute approximate surface area is 205 Å². The van der Waals surface area contributed by atoms with E-state index in [9.17, 15) is 23.1 Å². The van der Waals surface area contributed by atoms with Gasteiger partial charge in [0.25, 0.3) is 0 Å². The number of nitrogens with zero attached hydrogens (tertiary/aromatic N) is 1. The van der Waals surface area contributed by atoms with E-state index in [0.717, 1.165) is 16.7 Å². The van der Waals surface area contributed by atoms with Gasteiger partial charge in [0.1, 0.15) is 0 Å². The van der Waals surface area contributed by atoms with Gasteiger partial charge in [-0.1, -0.05) is 36.7 Å². The summed E-state index contributed by atoms with van der Waals surface area (Å²) in [6.07, 6.45) is -5.06. The Morgan fingerprint density at radius 2 is 1.66 bits per heavy atom. The minimum absolute atomic E-state index is 0.0316. The summed E-state index contributed by atoms with van der Waals surface area (Å²) < 4.78 is 61.4. The Morgan fingerprint density at radius 3 is 2.20 bits per heavy atom. The number of hydrogen-bond acceptors (Lipinski definition) is 5. The zero-order chi connectivity index (χ0) is 26.1. The molecule has 35 heavy (non-hydrogen) atoms. The number of aliphatic hydroxyl groups is 1. The summed E-state index contributed by atoms with van der Waals surface area (Å²) in [5.74, 6) is -2.22. The first-order valence-electron chi connectivity index (χ1n) is 11.0. The number of aryl methyl sites for hydroxylation is 1. The second-order valence-corrected chi connectivity index (χ2v) is 10.4. The topological polar surface area (TPSA) is 73.8 Å². The van der Waals surface area contributed by atoms with Gasteiger partial charge < -0.3 is 18.8 Å². The first-order chi connectivity index (χ1) is 16.0. The normalized spacial score (nSPS) is 20.3. The van der Waals surface area contributed by atoms with E-state index < -0.39 is 47.3 Å². The Kier molecular flexibility index (Phi) is 5.99. The van der Waals surface area contributed by atoms with Gasteiger partial charge in [-0.3, -0.25) is 4.57 Å². The summed E-state index contributed by atoms with van der Waals surface area (Å²) in [6, 6.07) is 7.96. The second kappa shape index (κ2) is 8.13. The quantitative estimate of drug-likeness (QED) is 0.517. The lowest BCUT2D eigenvalue weighted by atomic mass is 9.74. The minimum atomic E-state index is -5.06. The lowest BCUT2D eigenvalue weighted by Crippen LogP contribution is -2.46. The second-order valence-electron chi connectivity index (χ2n) is 9.96. The van der Waals surface area contributed by atoms with Crippen LogP contribution in [0.5, 0.6) is 0 Å². The SMILES string of the molecule is CC(c1ccc(B2OC(C)(C)C(C)(C)O2)cc1Cl)C(O)(c1ccc2oc(=O)n(C)c2c1)C(F)(F)F. The van der Waals surface area contributed by atoms with Crippen LogP contribution in [0.1, 0.15) is 51.7 Å². The third kappa shape index (κ3) is 4.00. The number of halogens is 4. The van der Waals surface area contributed by atoms with E-state index in [-0.39, 0.29) is 21.7 Å². The zero-order valence-electron chi connectivity index (χ0n) is 20.2. The van der Waals surface area contributed by atoms with E-state index in [1.54, 1.807) is 6.07 Å². The summed E-state index contributed by atoms with van der Waals surface area (Å²) in [6.45, 7) is 8.81. The van der Waals surface area contributed by atoms with Crippen molar-refractivity contribution in [2.24, 2.45) is 7.05 Å². The van der Waals surface area contributed by atoms with Gasteiger partial charge in [0.05, 0.1) is 16.7 Å². The molecule has 2 heterocycles. The number of hydrogen-bond donors (Lipinski definition) is 1. The highest BCUT2D eigenvalue weighted by atomic mass is 35.5. The fourth-order valence-electron chi connectivity index (χ4n) is 4.27. The van der Waals surface area contributed by atoms with E-state index in [1.165, 1.54) is 32.2 Å². The molecule has 188 valence electrons. The molecule has 1 saturated heterocycles. The molecule has 0 amide bonds. The molecule has 0 saturated carbocycles. The van der Waals surface area contributed by atoms with Gasteiger partial charge in [-0.25, -0.2) is 4.79 Å². The molecular weight excluding hydrogens is 486 g/mol. The first-order valence-corrected chi connectivity index (χ1v) is 11.4. The predicted molar refractivity (Wildman–Crippen MR) is 127 cm³/mol. The summed E-state index contributed by atoms with van der Waals surface area (Å²) in [5, 5.41) is 11.2. The molecule has 2 atom stereocenters. The van der Waals surface area contributed by atoms with Gasteiger partial charge >= 0.3 is 19.1 Å². The molecule has 0 spiro atoms. The van der Waals surface area contributed by atoms with Gasteiger partial charge in [0.15, 0.2) is 11.2 Å². The minimum Gasteiger partial charge on any atom is -0.408 e. The molecular formula is C24H26BClF3NO5. The fraction of sp³-hybridized carbons (Fsp3) is 0.458. The Hall–Kier alpha value is -2.27. The number of rotatable bonds is 4. The lowest BCUT2D eigenvalue weighted by molar-refractivity contribution is -0.274. The molecule has 2 unspecified atom stereocenters. The van der Waals surface area contributed by atoms with E-state index >= 15 is 0 Å². The number of fused-ring (bicyclic) bond motifs is 1. The van der Waals surface area contributed by atoms with Crippen molar-refractivity contribution >= 4 is 35.3 Å². The van der Waals surface area contributed by atoms with Crippen molar-refractivity contribution in [2.75, 3.05) is 0 Å². The first kappa shape index (κ1) is 25.8. The van der Waals surface area contributed by atoms with Crippen molar-refractivity contribution in [1.82, 2.24) is 4.57 Å². The molecule has 11 heteroatoms. The largest absolute Gasteiger partial charge is 0.494 e. The molecule has 3 aromatic rings. The molecule has 1 N–H and O–H groups in total. The van der Waals surface area contributed by atoms with Crippen molar-refractivity contribution in [3.8, 4) is 0 Å². The zero-order valence-corrected chi connectivity index (χ0v) is 20.9. The van der Waals surface area contributed by atoms with Crippen molar-refractivity contribution in [1.29, 1.82) is 0 Å². The number of alkyl halides is 3. The highest BCUT2D eigenvalue weighted by molar-refractivity contribution is 6.62. The van der Waals surface area contributed by atoms with E-state index in [2.05, 4.69) is 0 Å². The summed E-state index contributed by atoms with van der Waals surface area (Å²) in [5.41, 5.74) is -4.05. The monoisotopic (exact) mass is 511 g/mol. The molecule has 6 nitrogen and oxygen atoms in total. The van der Waals surface area contributed by atoms with Crippen LogP contribution in [0.25, 0.3) is 11.1 Å². The molecule has 2 aromatic carbocycles. The molecule has 0 bridgehead atoms. The average Bonchev–Trinajstić information content (AvgIpc) is 3.16. The van der Waals surface area contributed by atoms with E-state index in [4.69, 9.17) is 25.3 Å². The Balaban J connectivity index is 1.76. The fourth-order valence-corrected chi connectivity index (χ4v) is 4.62. The molecule has 0 radical (unpaired) electrons. The molecule has 4 rings (SSSR count). The van der Waals surface area contributed by atoms with Crippen molar-refractivity contribution < 1.29 is 32.0 Å².